The molecule has 3 rings (SSSR count). The number of hydrogen-bond donors (Lipinski definition) is 1. The minimum atomic E-state index is -0.562. The lowest BCUT2D eigenvalue weighted by Crippen LogP contribution is -2.44. The van der Waals surface area contributed by atoms with E-state index in [1.807, 2.05) is 0 Å². The van der Waals surface area contributed by atoms with E-state index >= 15 is 0 Å². The van der Waals surface area contributed by atoms with E-state index in [1.54, 1.807) is 24.3 Å². The average Bonchev–Trinajstić information content (AvgIpc) is 2.90. The molecule has 1 saturated heterocycles. The first kappa shape index (κ1) is 19.0. The molecule has 0 saturated carbocycles. The third-order valence-electron chi connectivity index (χ3n) is 3.53. The molecule has 1 aliphatic rings. The number of carbonyl (C=O) groups is 2. The number of rotatable bonds is 4. The van der Waals surface area contributed by atoms with E-state index in [0.717, 1.165) is 16.8 Å². The van der Waals surface area contributed by atoms with Gasteiger partial charge in [-0.1, -0.05) is 35.5 Å². The molecule has 0 aromatic heterocycles. The van der Waals surface area contributed by atoms with Crippen LogP contribution in [0.25, 0.3) is 6.08 Å². The van der Waals surface area contributed by atoms with Crippen molar-refractivity contribution < 1.29 is 14.5 Å². The van der Waals surface area contributed by atoms with Gasteiger partial charge in [0.05, 0.1) is 20.4 Å². The number of thioether (sulfide) groups is 1. The molecular weight excluding hydrogens is 410 g/mol. The van der Waals surface area contributed by atoms with Crippen LogP contribution in [-0.4, -0.2) is 26.1 Å². The van der Waals surface area contributed by atoms with Gasteiger partial charge in [0.15, 0.2) is 4.32 Å². The molecule has 0 unspecified atom stereocenters. The molecule has 1 N–H and O–H groups in total. The van der Waals surface area contributed by atoms with Crippen LogP contribution in [0, 0.1) is 10.1 Å². The fourth-order valence-electron chi connectivity index (χ4n) is 2.21. The molecule has 2 amide bonds. The van der Waals surface area contributed by atoms with Crippen molar-refractivity contribution in [1.29, 1.82) is 0 Å². The van der Waals surface area contributed by atoms with Gasteiger partial charge in [0, 0.05) is 12.1 Å². The third kappa shape index (κ3) is 4.16. The number of hydrogen-bond acceptors (Lipinski definition) is 6. The number of nitrogens with zero attached hydrogens (tertiary/aromatic N) is 2. The Bertz CT molecular complexity index is 992. The lowest BCUT2D eigenvalue weighted by atomic mass is 10.2. The van der Waals surface area contributed by atoms with Crippen LogP contribution in [0.4, 0.5) is 5.69 Å². The Morgan fingerprint density at radius 3 is 2.52 bits per heavy atom. The van der Waals surface area contributed by atoms with Gasteiger partial charge < -0.3 is 0 Å². The van der Waals surface area contributed by atoms with Crippen LogP contribution in [0.3, 0.4) is 0 Å². The topological polar surface area (TPSA) is 92.6 Å². The lowest BCUT2D eigenvalue weighted by Gasteiger charge is -2.16. The van der Waals surface area contributed by atoms with E-state index in [2.05, 4.69) is 5.43 Å². The molecule has 1 heterocycles. The average molecular weight is 420 g/mol. The lowest BCUT2D eigenvalue weighted by molar-refractivity contribution is -0.384. The number of non-ortho nitro benzene ring substituents is 1. The zero-order valence-corrected chi connectivity index (χ0v) is 15.8. The predicted molar refractivity (Wildman–Crippen MR) is 107 cm³/mol. The van der Waals surface area contributed by atoms with Crippen molar-refractivity contribution in [3.8, 4) is 0 Å². The first-order valence-electron chi connectivity index (χ1n) is 7.45. The highest BCUT2D eigenvalue weighted by Crippen LogP contribution is 2.32. The Morgan fingerprint density at radius 2 is 1.89 bits per heavy atom. The molecule has 1 fully saturated rings. The van der Waals surface area contributed by atoms with Crippen LogP contribution in [-0.2, 0) is 4.79 Å². The maximum atomic E-state index is 12.5. The second-order valence-electron chi connectivity index (χ2n) is 5.29. The molecule has 0 spiro atoms. The van der Waals surface area contributed by atoms with Gasteiger partial charge in [-0.15, -0.1) is 0 Å². The van der Waals surface area contributed by atoms with Crippen LogP contribution in [0.2, 0.25) is 5.02 Å². The van der Waals surface area contributed by atoms with Gasteiger partial charge in [0.1, 0.15) is 0 Å². The minimum Gasteiger partial charge on any atom is -0.267 e. The Morgan fingerprint density at radius 1 is 1.22 bits per heavy atom. The van der Waals surface area contributed by atoms with Gasteiger partial charge in [0.2, 0.25) is 0 Å². The quantitative estimate of drug-likeness (QED) is 0.351. The van der Waals surface area contributed by atoms with E-state index in [9.17, 15) is 19.7 Å². The van der Waals surface area contributed by atoms with Gasteiger partial charge in [0.25, 0.3) is 17.5 Å². The summed E-state index contributed by atoms with van der Waals surface area (Å²) >= 11 is 12.2. The normalized spacial score (nSPS) is 15.3. The van der Waals surface area contributed by atoms with Crippen LogP contribution >= 0.6 is 35.6 Å². The van der Waals surface area contributed by atoms with Crippen molar-refractivity contribution in [3.05, 3.63) is 79.7 Å². The molecule has 2 aromatic carbocycles. The molecule has 10 heteroatoms. The monoisotopic (exact) mass is 419 g/mol. The van der Waals surface area contributed by atoms with Crippen LogP contribution in [0.1, 0.15) is 15.9 Å². The van der Waals surface area contributed by atoms with Crippen LogP contribution < -0.4 is 5.43 Å². The van der Waals surface area contributed by atoms with Gasteiger partial charge in [-0.05, 0) is 48.1 Å². The summed E-state index contributed by atoms with van der Waals surface area (Å²) in [5, 5.41) is 11.9. The van der Waals surface area contributed by atoms with Crippen molar-refractivity contribution in [1.82, 2.24) is 10.4 Å². The SMILES string of the molecule is O=C(NN1C(=O)/C(=C\c2ccc([N+](=O)[O-])cc2)SC1=S)c1ccccc1Cl. The molecule has 2 aromatic rings. The van der Waals surface area contributed by atoms with E-state index in [1.165, 1.54) is 30.3 Å². The standard InChI is InChI=1S/C17H10ClN3O4S2/c18-13-4-2-1-3-12(13)15(22)19-20-16(23)14(27-17(20)26)9-10-5-7-11(8-6-10)21(24)25/h1-9H,(H,19,22)/b14-9+. The Hall–Kier alpha value is -2.75. The molecule has 0 aliphatic carbocycles. The highest BCUT2D eigenvalue weighted by Gasteiger charge is 2.34. The summed E-state index contributed by atoms with van der Waals surface area (Å²) in [6, 6.07) is 12.2. The van der Waals surface area contributed by atoms with Gasteiger partial charge >= 0.3 is 0 Å². The summed E-state index contributed by atoms with van der Waals surface area (Å²) < 4.78 is 0.161. The molecule has 0 atom stereocenters. The number of hydrazine groups is 1. The molecule has 0 bridgehead atoms. The van der Waals surface area contributed by atoms with Crippen molar-refractivity contribution in [2.45, 2.75) is 0 Å². The fraction of sp³-hybridized carbons (Fsp3) is 0. The number of nitro groups is 1. The fourth-order valence-corrected chi connectivity index (χ4v) is 3.62. The zero-order chi connectivity index (χ0) is 19.6. The highest BCUT2D eigenvalue weighted by atomic mass is 35.5. The molecule has 0 radical (unpaired) electrons. The van der Waals surface area contributed by atoms with Gasteiger partial charge in [-0.25, -0.2) is 0 Å². The number of benzene rings is 2. The second kappa shape index (κ2) is 7.87. The van der Waals surface area contributed by atoms with Crippen molar-refractivity contribution >= 4 is 63.5 Å². The summed E-state index contributed by atoms with van der Waals surface area (Å²) in [5.41, 5.74) is 3.21. The van der Waals surface area contributed by atoms with E-state index in [4.69, 9.17) is 23.8 Å². The highest BCUT2D eigenvalue weighted by molar-refractivity contribution is 8.26. The van der Waals surface area contributed by atoms with Crippen LogP contribution in [0.5, 0.6) is 0 Å². The molecule has 1 aliphatic heterocycles. The van der Waals surface area contributed by atoms with Crippen molar-refractivity contribution in [2.75, 3.05) is 0 Å². The molecule has 27 heavy (non-hydrogen) atoms. The first-order valence-corrected chi connectivity index (χ1v) is 9.05. The maximum absolute atomic E-state index is 12.5. The Balaban J connectivity index is 1.77. The van der Waals surface area contributed by atoms with Crippen molar-refractivity contribution in [2.24, 2.45) is 0 Å². The number of halogens is 1. The zero-order valence-electron chi connectivity index (χ0n) is 13.4. The summed E-state index contributed by atoms with van der Waals surface area (Å²) in [6.45, 7) is 0. The van der Waals surface area contributed by atoms with Gasteiger partial charge in [-0.2, -0.15) is 5.01 Å². The second-order valence-corrected chi connectivity index (χ2v) is 7.37. The summed E-state index contributed by atoms with van der Waals surface area (Å²) in [4.78, 5) is 35.4. The first-order chi connectivity index (χ1) is 12.9. The Kier molecular flexibility index (Phi) is 5.54. The number of amides is 2. The van der Waals surface area contributed by atoms with E-state index in [-0.39, 0.29) is 25.5 Å². The summed E-state index contributed by atoms with van der Waals surface area (Å²) in [7, 11) is 0. The third-order valence-corrected chi connectivity index (χ3v) is 5.16. The van der Waals surface area contributed by atoms with Crippen molar-refractivity contribution in [3.63, 3.8) is 0 Å². The molecule has 136 valence electrons. The molecule has 7 nitrogen and oxygen atoms in total. The minimum absolute atomic E-state index is 0.0493. The molecular formula is C17H10ClN3O4S2. The number of nitrogens with one attached hydrogen (secondary N) is 1. The predicted octanol–water partition coefficient (Wildman–Crippen LogP) is 3.79. The van der Waals surface area contributed by atoms with E-state index < -0.39 is 16.7 Å². The number of carbonyl (C=O) groups excluding carboxylic acids is 2. The maximum Gasteiger partial charge on any atom is 0.285 e. The smallest absolute Gasteiger partial charge is 0.267 e. The van der Waals surface area contributed by atoms with Crippen LogP contribution in [0.15, 0.2) is 53.4 Å². The van der Waals surface area contributed by atoms with E-state index in [0.29, 0.717) is 5.56 Å². The summed E-state index contributed by atoms with van der Waals surface area (Å²) in [6.07, 6.45) is 1.55. The number of nitro benzene ring substituents is 1. The summed E-state index contributed by atoms with van der Waals surface area (Å²) in [5.74, 6) is -1.06. The largest absolute Gasteiger partial charge is 0.285 e. The number of thiocarbonyl (C=S) groups is 1. The van der Waals surface area contributed by atoms with Gasteiger partial charge in [-0.3, -0.25) is 25.1 Å². The Labute approximate surface area is 168 Å².